The molecule has 0 spiro atoms. The van der Waals surface area contributed by atoms with Crippen LogP contribution in [0, 0.1) is 0 Å². The van der Waals surface area contributed by atoms with E-state index in [-0.39, 0.29) is 13.0 Å². The number of carboxylic acids is 1. The number of hydrogen-bond acceptors (Lipinski definition) is 4. The molecule has 1 aliphatic heterocycles. The van der Waals surface area contributed by atoms with Crippen molar-refractivity contribution in [2.75, 3.05) is 6.61 Å². The molecule has 11 heavy (non-hydrogen) atoms. The van der Waals surface area contributed by atoms with Crippen LogP contribution >= 0.6 is 0 Å². The number of hydrogen-bond donors (Lipinski definition) is 3. The highest BCUT2D eigenvalue weighted by Crippen LogP contribution is 2.14. The summed E-state index contributed by atoms with van der Waals surface area (Å²) in [5.74, 6) is -1.19. The van der Waals surface area contributed by atoms with Crippen LogP contribution in [0.3, 0.4) is 0 Å². The van der Waals surface area contributed by atoms with Crippen LogP contribution in [0.25, 0.3) is 0 Å². The van der Waals surface area contributed by atoms with Crippen molar-refractivity contribution in [3.8, 4) is 0 Å². The van der Waals surface area contributed by atoms with Crippen molar-refractivity contribution < 1.29 is 24.9 Å². The van der Waals surface area contributed by atoms with Gasteiger partial charge in [-0.3, -0.25) is 0 Å². The molecule has 1 heterocycles. The van der Waals surface area contributed by atoms with Gasteiger partial charge in [0.05, 0.1) is 18.8 Å². The summed E-state index contributed by atoms with van der Waals surface area (Å²) in [6.07, 6.45) is -2.97. The Bertz CT molecular complexity index is 157. The summed E-state index contributed by atoms with van der Waals surface area (Å²) < 4.78 is 4.66. The molecule has 1 fully saturated rings. The van der Waals surface area contributed by atoms with Gasteiger partial charge in [0, 0.05) is 6.42 Å². The number of rotatable bonds is 1. The number of aliphatic carboxylic acids is 1. The van der Waals surface area contributed by atoms with Crippen LogP contribution in [0.4, 0.5) is 0 Å². The van der Waals surface area contributed by atoms with E-state index in [4.69, 9.17) is 15.3 Å². The van der Waals surface area contributed by atoms with E-state index in [1.807, 2.05) is 0 Å². The van der Waals surface area contributed by atoms with E-state index in [1.165, 1.54) is 0 Å². The minimum atomic E-state index is -1.19. The Labute approximate surface area is 63.2 Å². The van der Waals surface area contributed by atoms with E-state index in [0.717, 1.165) is 0 Å². The Balaban J connectivity index is 2.50. The highest BCUT2D eigenvalue weighted by molar-refractivity contribution is 5.73. The van der Waals surface area contributed by atoms with Gasteiger partial charge in [-0.05, 0) is 0 Å². The molecule has 3 N–H and O–H groups in total. The Morgan fingerprint density at radius 1 is 1.45 bits per heavy atom. The third-order valence-electron chi connectivity index (χ3n) is 1.57. The molecule has 1 rings (SSSR count). The van der Waals surface area contributed by atoms with Gasteiger partial charge in [0.25, 0.3) is 0 Å². The van der Waals surface area contributed by atoms with Gasteiger partial charge in [0.1, 0.15) is 0 Å². The average Bonchev–Trinajstić information content (AvgIpc) is 1.85. The monoisotopic (exact) mass is 162 g/mol. The maximum atomic E-state index is 10.3. The number of carboxylic acid groups (broad SMARTS) is 1. The largest absolute Gasteiger partial charge is 0.479 e. The van der Waals surface area contributed by atoms with E-state index >= 15 is 0 Å². The number of ether oxygens (including phenoxy) is 1. The number of carbonyl (C=O) groups is 1. The maximum Gasteiger partial charge on any atom is 0.335 e. The summed E-state index contributed by atoms with van der Waals surface area (Å²) >= 11 is 0. The Hall–Kier alpha value is -0.650. The van der Waals surface area contributed by atoms with E-state index in [9.17, 15) is 4.79 Å². The SMILES string of the molecule is O=C(O)[C@H]1OCC(O)C[C@@H]1O. The first-order valence-corrected chi connectivity index (χ1v) is 3.32. The molecule has 1 aliphatic rings. The lowest BCUT2D eigenvalue weighted by Gasteiger charge is -2.27. The first-order chi connectivity index (χ1) is 5.11. The summed E-state index contributed by atoms with van der Waals surface area (Å²) in [5.41, 5.74) is 0. The Morgan fingerprint density at radius 3 is 2.55 bits per heavy atom. The second kappa shape index (κ2) is 3.17. The van der Waals surface area contributed by atoms with E-state index in [2.05, 4.69) is 4.74 Å². The molecule has 0 saturated carbocycles. The zero-order valence-electron chi connectivity index (χ0n) is 5.80. The highest BCUT2D eigenvalue weighted by atomic mass is 16.5. The van der Waals surface area contributed by atoms with Crippen LogP contribution in [0.15, 0.2) is 0 Å². The summed E-state index contributed by atoms with van der Waals surface area (Å²) in [4.78, 5) is 10.3. The predicted octanol–water partition coefficient (Wildman–Crippen LogP) is -1.42. The lowest BCUT2D eigenvalue weighted by atomic mass is 10.0. The Morgan fingerprint density at radius 2 is 2.09 bits per heavy atom. The van der Waals surface area contributed by atoms with E-state index < -0.39 is 24.3 Å². The molecule has 0 aliphatic carbocycles. The second-order valence-electron chi connectivity index (χ2n) is 2.55. The van der Waals surface area contributed by atoms with Gasteiger partial charge < -0.3 is 20.1 Å². The van der Waals surface area contributed by atoms with Gasteiger partial charge in [0.15, 0.2) is 6.10 Å². The molecule has 0 aromatic heterocycles. The van der Waals surface area contributed by atoms with Gasteiger partial charge in [-0.15, -0.1) is 0 Å². The van der Waals surface area contributed by atoms with Crippen molar-refractivity contribution in [2.24, 2.45) is 0 Å². The van der Waals surface area contributed by atoms with Crippen molar-refractivity contribution in [3.05, 3.63) is 0 Å². The van der Waals surface area contributed by atoms with Crippen molar-refractivity contribution >= 4 is 5.97 Å². The summed E-state index contributed by atoms with van der Waals surface area (Å²) in [7, 11) is 0. The fourth-order valence-electron chi connectivity index (χ4n) is 1.03. The molecule has 1 saturated heterocycles. The summed E-state index contributed by atoms with van der Waals surface area (Å²) in [5, 5.41) is 26.4. The fraction of sp³-hybridized carbons (Fsp3) is 0.833. The quantitative estimate of drug-likeness (QED) is 0.440. The topological polar surface area (TPSA) is 87.0 Å². The number of aliphatic hydroxyl groups is 2. The zero-order valence-corrected chi connectivity index (χ0v) is 5.80. The first kappa shape index (κ1) is 8.45. The van der Waals surface area contributed by atoms with Gasteiger partial charge in [0.2, 0.25) is 0 Å². The van der Waals surface area contributed by atoms with Crippen LogP contribution in [-0.4, -0.2) is 46.2 Å². The standard InChI is InChI=1S/C6H10O5/c7-3-1-4(8)5(6(9)10)11-2-3/h3-5,7-8H,1-2H2,(H,9,10)/t3?,4-,5-/m0/s1. The summed E-state index contributed by atoms with van der Waals surface area (Å²) in [6.45, 7) is -0.0198. The van der Waals surface area contributed by atoms with Crippen LogP contribution in [0.2, 0.25) is 0 Å². The fourth-order valence-corrected chi connectivity index (χ4v) is 1.03. The lowest BCUT2D eigenvalue weighted by Crippen LogP contribution is -2.45. The average molecular weight is 162 g/mol. The maximum absolute atomic E-state index is 10.3. The molecule has 5 nitrogen and oxygen atoms in total. The highest BCUT2D eigenvalue weighted by Gasteiger charge is 2.33. The molecule has 0 aromatic rings. The second-order valence-corrected chi connectivity index (χ2v) is 2.55. The van der Waals surface area contributed by atoms with Gasteiger partial charge in [-0.25, -0.2) is 4.79 Å². The minimum absolute atomic E-state index is 0.0198. The van der Waals surface area contributed by atoms with Crippen molar-refractivity contribution in [1.82, 2.24) is 0 Å². The van der Waals surface area contributed by atoms with Gasteiger partial charge >= 0.3 is 5.97 Å². The Kier molecular flexibility index (Phi) is 2.43. The molecule has 64 valence electrons. The molecule has 0 bridgehead atoms. The molecule has 5 heteroatoms. The normalized spacial score (nSPS) is 38.5. The molecular weight excluding hydrogens is 152 g/mol. The number of aliphatic hydroxyl groups excluding tert-OH is 2. The molecule has 0 aromatic carbocycles. The zero-order chi connectivity index (χ0) is 8.43. The molecule has 0 radical (unpaired) electrons. The van der Waals surface area contributed by atoms with Crippen LogP contribution in [0.5, 0.6) is 0 Å². The molecule has 0 amide bonds. The molecular formula is C6H10O5. The third-order valence-corrected chi connectivity index (χ3v) is 1.57. The minimum Gasteiger partial charge on any atom is -0.479 e. The van der Waals surface area contributed by atoms with Crippen molar-refractivity contribution in [1.29, 1.82) is 0 Å². The molecule has 1 unspecified atom stereocenters. The van der Waals surface area contributed by atoms with E-state index in [1.54, 1.807) is 0 Å². The van der Waals surface area contributed by atoms with Crippen LogP contribution < -0.4 is 0 Å². The smallest absolute Gasteiger partial charge is 0.335 e. The van der Waals surface area contributed by atoms with E-state index in [0.29, 0.717) is 0 Å². The predicted molar refractivity (Wildman–Crippen MR) is 34.0 cm³/mol. The van der Waals surface area contributed by atoms with Gasteiger partial charge in [-0.2, -0.15) is 0 Å². The lowest BCUT2D eigenvalue weighted by molar-refractivity contribution is -0.173. The third kappa shape index (κ3) is 1.89. The summed E-state index contributed by atoms with van der Waals surface area (Å²) in [6, 6.07) is 0. The van der Waals surface area contributed by atoms with Crippen LogP contribution in [-0.2, 0) is 9.53 Å². The first-order valence-electron chi connectivity index (χ1n) is 3.32. The van der Waals surface area contributed by atoms with Crippen LogP contribution in [0.1, 0.15) is 6.42 Å². The van der Waals surface area contributed by atoms with Crippen molar-refractivity contribution in [3.63, 3.8) is 0 Å². The molecule has 3 atom stereocenters. The van der Waals surface area contributed by atoms with Crippen molar-refractivity contribution in [2.45, 2.75) is 24.7 Å². The van der Waals surface area contributed by atoms with Gasteiger partial charge in [-0.1, -0.05) is 0 Å².